The van der Waals surface area contributed by atoms with Crippen LogP contribution in [0.1, 0.15) is 55.2 Å². The van der Waals surface area contributed by atoms with Crippen LogP contribution in [0.4, 0.5) is 0 Å². The van der Waals surface area contributed by atoms with E-state index in [4.69, 9.17) is 5.11 Å². The molecule has 2 N–H and O–H groups in total. The summed E-state index contributed by atoms with van der Waals surface area (Å²) in [5.41, 5.74) is 1.22. The third-order valence-electron chi connectivity index (χ3n) is 3.61. The van der Waals surface area contributed by atoms with E-state index in [1.807, 2.05) is 13.8 Å². The zero-order valence-corrected chi connectivity index (χ0v) is 12.1. The molecule has 110 valence electrons. The Morgan fingerprint density at radius 3 is 2.60 bits per heavy atom. The molecule has 1 unspecified atom stereocenters. The first-order valence-electron chi connectivity index (χ1n) is 6.96. The number of carbonyl (C=O) groups is 2. The number of aromatic nitrogens is 2. The number of aliphatic carboxylic acids is 1. The average Bonchev–Trinajstić information content (AvgIpc) is 3.08. The average molecular weight is 279 g/mol. The van der Waals surface area contributed by atoms with Crippen LogP contribution in [0.3, 0.4) is 0 Å². The van der Waals surface area contributed by atoms with Crippen molar-refractivity contribution >= 4 is 11.9 Å². The predicted octanol–water partition coefficient (Wildman–Crippen LogP) is 1.53. The summed E-state index contributed by atoms with van der Waals surface area (Å²) >= 11 is 0. The van der Waals surface area contributed by atoms with Gasteiger partial charge >= 0.3 is 5.97 Å². The molecule has 1 aliphatic rings. The van der Waals surface area contributed by atoms with E-state index in [-0.39, 0.29) is 11.6 Å². The van der Waals surface area contributed by atoms with Crippen molar-refractivity contribution < 1.29 is 14.7 Å². The van der Waals surface area contributed by atoms with Gasteiger partial charge in [-0.25, -0.2) is 4.79 Å². The molecule has 6 heteroatoms. The molecule has 1 fully saturated rings. The minimum absolute atomic E-state index is 0.260. The van der Waals surface area contributed by atoms with Gasteiger partial charge in [-0.05, 0) is 24.3 Å². The van der Waals surface area contributed by atoms with E-state index in [2.05, 4.69) is 10.4 Å². The Balaban J connectivity index is 2.05. The highest BCUT2D eigenvalue weighted by Gasteiger charge is 2.30. The quantitative estimate of drug-likeness (QED) is 0.827. The fourth-order valence-electron chi connectivity index (χ4n) is 2.27. The van der Waals surface area contributed by atoms with Gasteiger partial charge in [0.1, 0.15) is 11.7 Å². The molecule has 20 heavy (non-hydrogen) atoms. The molecule has 0 aromatic carbocycles. The Hall–Kier alpha value is -1.85. The zero-order valence-electron chi connectivity index (χ0n) is 12.1. The van der Waals surface area contributed by atoms with Crippen LogP contribution in [0.25, 0.3) is 0 Å². The Morgan fingerprint density at radius 1 is 1.50 bits per heavy atom. The van der Waals surface area contributed by atoms with E-state index < -0.39 is 17.9 Å². The van der Waals surface area contributed by atoms with Gasteiger partial charge < -0.3 is 10.4 Å². The van der Waals surface area contributed by atoms with Crippen molar-refractivity contribution in [3.05, 3.63) is 17.5 Å². The highest BCUT2D eigenvalue weighted by Crippen LogP contribution is 2.33. The molecule has 1 atom stereocenters. The lowest BCUT2D eigenvalue weighted by molar-refractivity contribution is -0.139. The Bertz CT molecular complexity index is 518. The van der Waals surface area contributed by atoms with Crippen molar-refractivity contribution in [2.45, 2.75) is 45.1 Å². The molecule has 0 spiro atoms. The number of nitrogens with zero attached hydrogens (tertiary/aromatic N) is 2. The fourth-order valence-corrected chi connectivity index (χ4v) is 2.27. The van der Waals surface area contributed by atoms with Crippen LogP contribution in [-0.4, -0.2) is 32.8 Å². The molecular formula is C14H21N3O3. The van der Waals surface area contributed by atoms with Crippen LogP contribution in [-0.2, 0) is 11.8 Å². The number of carboxylic acid groups (broad SMARTS) is 1. The number of amides is 1. The molecule has 0 radical (unpaired) electrons. The van der Waals surface area contributed by atoms with E-state index in [1.54, 1.807) is 17.8 Å². The molecule has 0 aliphatic heterocycles. The maximum atomic E-state index is 12.1. The van der Waals surface area contributed by atoms with Crippen molar-refractivity contribution in [1.82, 2.24) is 15.1 Å². The molecule has 1 amide bonds. The van der Waals surface area contributed by atoms with Gasteiger partial charge in [-0.1, -0.05) is 26.7 Å². The van der Waals surface area contributed by atoms with Crippen molar-refractivity contribution in [1.29, 1.82) is 0 Å². The zero-order chi connectivity index (χ0) is 14.9. The largest absolute Gasteiger partial charge is 0.480 e. The third kappa shape index (κ3) is 3.37. The summed E-state index contributed by atoms with van der Waals surface area (Å²) in [6, 6.07) is 0.898. The van der Waals surface area contributed by atoms with Gasteiger partial charge in [-0.15, -0.1) is 0 Å². The number of nitrogens with one attached hydrogen (secondary N) is 1. The maximum Gasteiger partial charge on any atom is 0.326 e. The van der Waals surface area contributed by atoms with Gasteiger partial charge in [0.15, 0.2) is 0 Å². The second-order valence-electron chi connectivity index (χ2n) is 5.78. The van der Waals surface area contributed by atoms with Crippen LogP contribution in [0.15, 0.2) is 6.07 Å². The molecule has 2 rings (SSSR count). The topological polar surface area (TPSA) is 84.2 Å². The monoisotopic (exact) mass is 279 g/mol. The van der Waals surface area contributed by atoms with Gasteiger partial charge in [-0.3, -0.25) is 9.48 Å². The molecule has 1 saturated carbocycles. The summed E-state index contributed by atoms with van der Waals surface area (Å²) in [6.07, 6.45) is 2.62. The van der Waals surface area contributed by atoms with Gasteiger partial charge in [-0.2, -0.15) is 5.10 Å². The second kappa shape index (κ2) is 5.64. The standard InChI is InChI=1S/C14H21N3O3/c1-8(2)12-7-10(16-17(12)3)13(18)15-11(14(19)20)6-9-4-5-9/h7-9,11H,4-6H2,1-3H3,(H,15,18)(H,19,20). The summed E-state index contributed by atoms with van der Waals surface area (Å²) < 4.78 is 1.66. The van der Waals surface area contributed by atoms with E-state index >= 15 is 0 Å². The molecule has 6 nitrogen and oxygen atoms in total. The number of carboxylic acids is 1. The summed E-state index contributed by atoms with van der Waals surface area (Å²) in [7, 11) is 1.78. The number of hydrogen-bond donors (Lipinski definition) is 2. The van der Waals surface area contributed by atoms with Gasteiger partial charge in [0.25, 0.3) is 5.91 Å². The highest BCUT2D eigenvalue weighted by molar-refractivity contribution is 5.95. The SMILES string of the molecule is CC(C)c1cc(C(=O)NC(CC2CC2)C(=O)O)nn1C. The fraction of sp³-hybridized carbons (Fsp3) is 0.643. The molecule has 1 aliphatic carbocycles. The molecule has 1 aromatic rings. The number of aryl methyl sites for hydroxylation is 1. The van der Waals surface area contributed by atoms with Gasteiger partial charge in [0.2, 0.25) is 0 Å². The minimum Gasteiger partial charge on any atom is -0.480 e. The van der Waals surface area contributed by atoms with E-state index in [9.17, 15) is 9.59 Å². The van der Waals surface area contributed by atoms with Crippen LogP contribution >= 0.6 is 0 Å². The summed E-state index contributed by atoms with van der Waals surface area (Å²) in [5.74, 6) is -0.701. The van der Waals surface area contributed by atoms with Crippen molar-refractivity contribution in [2.24, 2.45) is 13.0 Å². The Morgan fingerprint density at radius 2 is 2.15 bits per heavy atom. The summed E-state index contributed by atoms with van der Waals surface area (Å²) in [6.45, 7) is 4.04. The normalized spacial score (nSPS) is 16.2. The third-order valence-corrected chi connectivity index (χ3v) is 3.61. The first kappa shape index (κ1) is 14.6. The Labute approximate surface area is 118 Å². The summed E-state index contributed by atoms with van der Waals surface area (Å²) in [4.78, 5) is 23.3. The molecule has 0 saturated heterocycles. The van der Waals surface area contributed by atoms with Crippen LogP contribution in [0, 0.1) is 5.92 Å². The van der Waals surface area contributed by atoms with Crippen LogP contribution < -0.4 is 5.32 Å². The summed E-state index contributed by atoms with van der Waals surface area (Å²) in [5, 5.41) is 15.9. The van der Waals surface area contributed by atoms with Crippen LogP contribution in [0.2, 0.25) is 0 Å². The molecule has 0 bridgehead atoms. The highest BCUT2D eigenvalue weighted by atomic mass is 16.4. The molecule has 1 aromatic heterocycles. The van der Waals surface area contributed by atoms with Crippen LogP contribution in [0.5, 0.6) is 0 Å². The van der Waals surface area contributed by atoms with Gasteiger partial charge in [0.05, 0.1) is 0 Å². The van der Waals surface area contributed by atoms with Gasteiger partial charge in [0, 0.05) is 12.7 Å². The first-order chi connectivity index (χ1) is 9.38. The lowest BCUT2D eigenvalue weighted by Gasteiger charge is -2.12. The lowest BCUT2D eigenvalue weighted by Crippen LogP contribution is -2.41. The molecular weight excluding hydrogens is 258 g/mol. The minimum atomic E-state index is -0.981. The maximum absolute atomic E-state index is 12.1. The smallest absolute Gasteiger partial charge is 0.326 e. The first-order valence-corrected chi connectivity index (χ1v) is 6.96. The Kier molecular flexibility index (Phi) is 4.11. The van der Waals surface area contributed by atoms with E-state index in [0.717, 1.165) is 18.5 Å². The molecule has 1 heterocycles. The second-order valence-corrected chi connectivity index (χ2v) is 5.78. The lowest BCUT2D eigenvalue weighted by atomic mass is 10.1. The number of carbonyl (C=O) groups excluding carboxylic acids is 1. The number of rotatable bonds is 6. The van der Waals surface area contributed by atoms with Crippen molar-refractivity contribution in [2.75, 3.05) is 0 Å². The van der Waals surface area contributed by atoms with Crippen molar-refractivity contribution in [3.63, 3.8) is 0 Å². The van der Waals surface area contributed by atoms with E-state index in [0.29, 0.717) is 12.3 Å². The van der Waals surface area contributed by atoms with E-state index in [1.165, 1.54) is 0 Å². The predicted molar refractivity (Wildman–Crippen MR) is 73.5 cm³/mol. The van der Waals surface area contributed by atoms with Crippen molar-refractivity contribution in [3.8, 4) is 0 Å². The number of hydrogen-bond acceptors (Lipinski definition) is 3.